The number of nitrogens with zero attached hydrogens (tertiary/aromatic N) is 1. The summed E-state index contributed by atoms with van der Waals surface area (Å²) in [6, 6.07) is 0. The van der Waals surface area contributed by atoms with Gasteiger partial charge in [-0.15, -0.1) is 0 Å². The number of ether oxygens (including phenoxy) is 2. The van der Waals surface area contributed by atoms with Gasteiger partial charge in [-0.2, -0.15) is 0 Å². The molecule has 8 nitrogen and oxygen atoms in total. The number of allylic oxidation sites excluding steroid dienone is 10. The molecule has 0 aromatic heterocycles. The number of rotatable bonds is 36. The molecule has 0 saturated carbocycles. The van der Waals surface area contributed by atoms with E-state index in [0.717, 1.165) is 70.6 Å². The third-order valence-corrected chi connectivity index (χ3v) is 9.02. The molecule has 0 saturated heterocycles. The van der Waals surface area contributed by atoms with E-state index in [4.69, 9.17) is 18.5 Å². The molecular weight excluding hydrogens is 661 g/mol. The minimum Gasteiger partial charge on any atom is -0.756 e. The number of quaternary nitrogens is 1. The SMILES string of the molecule is CC/C=C\C/C=C\C/C=C\C/C=C\CCCOCC(COP(=O)([O-])OCC[N+](C)(C)C)OC(=O)CCCCCCC/C=C\CCCCCCCC. The minimum absolute atomic E-state index is 0.0119. The zero-order chi connectivity index (χ0) is 37.7. The van der Waals surface area contributed by atoms with Gasteiger partial charge in [0, 0.05) is 13.0 Å². The Morgan fingerprint density at radius 3 is 1.73 bits per heavy atom. The van der Waals surface area contributed by atoms with Crippen molar-refractivity contribution in [2.45, 2.75) is 148 Å². The zero-order valence-corrected chi connectivity index (χ0v) is 34.2. The van der Waals surface area contributed by atoms with Crippen molar-refractivity contribution in [3.63, 3.8) is 0 Å². The third-order valence-electron chi connectivity index (χ3n) is 8.05. The van der Waals surface area contributed by atoms with Crippen LogP contribution in [0.5, 0.6) is 0 Å². The molecule has 0 aromatic carbocycles. The van der Waals surface area contributed by atoms with Crippen LogP contribution in [0.25, 0.3) is 0 Å². The fourth-order valence-corrected chi connectivity index (χ4v) is 5.68. The normalized spacial score (nSPS) is 14.5. The zero-order valence-electron chi connectivity index (χ0n) is 33.3. The van der Waals surface area contributed by atoms with Gasteiger partial charge >= 0.3 is 5.97 Å². The van der Waals surface area contributed by atoms with Crippen molar-refractivity contribution in [3.05, 3.63) is 60.8 Å². The van der Waals surface area contributed by atoms with Crippen molar-refractivity contribution in [2.75, 3.05) is 54.1 Å². The topological polar surface area (TPSA) is 94.1 Å². The first-order valence-electron chi connectivity index (χ1n) is 20.0. The number of phosphoric ester groups is 1. The molecule has 0 rings (SSSR count). The quantitative estimate of drug-likeness (QED) is 0.0208. The van der Waals surface area contributed by atoms with E-state index in [1.807, 2.05) is 21.1 Å². The van der Waals surface area contributed by atoms with E-state index in [0.29, 0.717) is 17.6 Å². The van der Waals surface area contributed by atoms with Crippen LogP contribution < -0.4 is 4.89 Å². The van der Waals surface area contributed by atoms with Crippen LogP contribution in [-0.2, 0) is 27.9 Å². The summed E-state index contributed by atoms with van der Waals surface area (Å²) >= 11 is 0. The van der Waals surface area contributed by atoms with Crippen LogP contribution >= 0.6 is 7.82 Å². The monoisotopic (exact) mass is 738 g/mol. The molecule has 0 aliphatic carbocycles. The number of carbonyl (C=O) groups is 1. The first-order valence-corrected chi connectivity index (χ1v) is 21.5. The fourth-order valence-electron chi connectivity index (χ4n) is 4.95. The highest BCUT2D eigenvalue weighted by Gasteiger charge is 2.20. The van der Waals surface area contributed by atoms with E-state index in [1.165, 1.54) is 51.4 Å². The molecule has 51 heavy (non-hydrogen) atoms. The maximum Gasteiger partial charge on any atom is 0.306 e. The Bertz CT molecular complexity index is 1000. The standard InChI is InChI=1S/C42H76NO7P/c1-6-8-10-12-14-16-18-20-22-23-25-27-29-31-33-35-42(44)50-41(40-49-51(45,46)48-38-36-43(3,4)5)39-47-37-34-32-30-28-26-24-21-19-17-15-13-11-9-7-2/h9,11,15,17,20-22,24,28,30,41H,6-8,10,12-14,16,18-19,23,25-27,29,31-40H2,1-5H3/b11-9-,17-15-,22-20-,24-21-,30-28-. The Balaban J connectivity index is 4.40. The number of hydrogen-bond acceptors (Lipinski definition) is 7. The smallest absolute Gasteiger partial charge is 0.306 e. The van der Waals surface area contributed by atoms with Crippen LogP contribution in [-0.4, -0.2) is 70.7 Å². The summed E-state index contributed by atoms with van der Waals surface area (Å²) in [5, 5.41) is 0. The Kier molecular flexibility index (Phi) is 34.0. The highest BCUT2D eigenvalue weighted by molar-refractivity contribution is 7.45. The number of likely N-dealkylation sites (N-methyl/N-ethyl adjacent to an activating group) is 1. The second-order valence-electron chi connectivity index (χ2n) is 14.3. The third kappa shape index (κ3) is 39.2. The van der Waals surface area contributed by atoms with Crippen molar-refractivity contribution in [3.8, 4) is 0 Å². The molecule has 0 heterocycles. The van der Waals surface area contributed by atoms with Crippen LogP contribution in [0.4, 0.5) is 0 Å². The number of hydrogen-bond donors (Lipinski definition) is 0. The van der Waals surface area contributed by atoms with Crippen LogP contribution in [0, 0.1) is 0 Å². The molecule has 2 atom stereocenters. The first-order chi connectivity index (χ1) is 24.6. The summed E-state index contributed by atoms with van der Waals surface area (Å²) in [6.07, 6.45) is 42.4. The van der Waals surface area contributed by atoms with Crippen LogP contribution in [0.3, 0.4) is 0 Å². The maximum atomic E-state index is 12.6. The van der Waals surface area contributed by atoms with E-state index >= 15 is 0 Å². The van der Waals surface area contributed by atoms with Crippen LogP contribution in [0.1, 0.15) is 142 Å². The largest absolute Gasteiger partial charge is 0.756 e. The average Bonchev–Trinajstić information content (AvgIpc) is 3.08. The van der Waals surface area contributed by atoms with Gasteiger partial charge in [0.05, 0.1) is 34.4 Å². The summed E-state index contributed by atoms with van der Waals surface area (Å²) in [7, 11) is 1.31. The molecule has 0 amide bonds. The molecule has 0 radical (unpaired) electrons. The molecule has 9 heteroatoms. The molecule has 0 aromatic rings. The Labute approximate surface area is 313 Å². The average molecular weight is 738 g/mol. The highest BCUT2D eigenvalue weighted by atomic mass is 31.2. The lowest BCUT2D eigenvalue weighted by molar-refractivity contribution is -0.870. The van der Waals surface area contributed by atoms with Gasteiger partial charge in [0.1, 0.15) is 19.3 Å². The van der Waals surface area contributed by atoms with Crippen molar-refractivity contribution >= 4 is 13.8 Å². The van der Waals surface area contributed by atoms with Gasteiger partial charge in [0.15, 0.2) is 0 Å². The van der Waals surface area contributed by atoms with Crippen molar-refractivity contribution in [1.29, 1.82) is 0 Å². The van der Waals surface area contributed by atoms with Crippen molar-refractivity contribution < 1.29 is 37.3 Å². The Morgan fingerprint density at radius 1 is 0.627 bits per heavy atom. The van der Waals surface area contributed by atoms with E-state index in [1.54, 1.807) is 0 Å². The summed E-state index contributed by atoms with van der Waals surface area (Å²) in [6.45, 7) is 5.10. The second-order valence-corrected chi connectivity index (χ2v) is 15.7. The lowest BCUT2D eigenvalue weighted by atomic mass is 10.1. The van der Waals surface area contributed by atoms with Gasteiger partial charge in [0.25, 0.3) is 7.82 Å². The Hall–Kier alpha value is -1.80. The maximum absolute atomic E-state index is 12.6. The highest BCUT2D eigenvalue weighted by Crippen LogP contribution is 2.38. The molecular formula is C42H76NO7P. The lowest BCUT2D eigenvalue weighted by Crippen LogP contribution is -2.37. The van der Waals surface area contributed by atoms with Gasteiger partial charge in [0.2, 0.25) is 0 Å². The predicted octanol–water partition coefficient (Wildman–Crippen LogP) is 10.7. The summed E-state index contributed by atoms with van der Waals surface area (Å²) in [4.78, 5) is 25.0. The van der Waals surface area contributed by atoms with Gasteiger partial charge in [-0.1, -0.05) is 126 Å². The van der Waals surface area contributed by atoms with Crippen LogP contribution in [0.2, 0.25) is 0 Å². The molecule has 0 N–H and O–H groups in total. The van der Waals surface area contributed by atoms with E-state index < -0.39 is 13.9 Å². The van der Waals surface area contributed by atoms with E-state index in [2.05, 4.69) is 74.6 Å². The fraction of sp³-hybridized carbons (Fsp3) is 0.738. The summed E-state index contributed by atoms with van der Waals surface area (Å²) in [5.41, 5.74) is 0. The predicted molar refractivity (Wildman–Crippen MR) is 212 cm³/mol. The number of esters is 1. The van der Waals surface area contributed by atoms with E-state index in [-0.39, 0.29) is 32.2 Å². The van der Waals surface area contributed by atoms with Gasteiger partial charge in [-0.25, -0.2) is 0 Å². The van der Waals surface area contributed by atoms with E-state index in [9.17, 15) is 14.3 Å². The molecule has 0 spiro atoms. The molecule has 0 fully saturated rings. The minimum atomic E-state index is -4.54. The summed E-state index contributed by atoms with van der Waals surface area (Å²) in [5.74, 6) is -0.365. The number of carbonyl (C=O) groups excluding carboxylic acids is 1. The molecule has 2 unspecified atom stereocenters. The first kappa shape index (κ1) is 49.2. The molecule has 0 aliphatic rings. The van der Waals surface area contributed by atoms with Crippen molar-refractivity contribution in [1.82, 2.24) is 0 Å². The number of phosphoric acid groups is 1. The molecule has 296 valence electrons. The van der Waals surface area contributed by atoms with Crippen molar-refractivity contribution in [2.24, 2.45) is 0 Å². The lowest BCUT2D eigenvalue weighted by Gasteiger charge is -2.28. The van der Waals surface area contributed by atoms with Gasteiger partial charge in [-0.05, 0) is 70.6 Å². The number of unbranched alkanes of at least 4 members (excludes halogenated alkanes) is 12. The second kappa shape index (κ2) is 35.2. The van der Waals surface area contributed by atoms with Gasteiger partial charge in [-0.3, -0.25) is 9.36 Å². The summed E-state index contributed by atoms with van der Waals surface area (Å²) < 4.78 is 34.4. The molecule has 0 bridgehead atoms. The van der Waals surface area contributed by atoms with Crippen LogP contribution in [0.15, 0.2) is 60.8 Å². The Morgan fingerprint density at radius 2 is 1.14 bits per heavy atom. The van der Waals surface area contributed by atoms with Gasteiger partial charge < -0.3 is 27.9 Å². The molecule has 0 aliphatic heterocycles.